The first-order valence-electron chi connectivity index (χ1n) is 6.88. The third-order valence-corrected chi connectivity index (χ3v) is 3.60. The van der Waals surface area contributed by atoms with Crippen molar-refractivity contribution in [3.05, 3.63) is 0 Å². The van der Waals surface area contributed by atoms with Crippen LogP contribution in [0.3, 0.4) is 0 Å². The Hall–Kier alpha value is -0.650. The Labute approximate surface area is 108 Å². The molecule has 0 radical (unpaired) electrons. The van der Waals surface area contributed by atoms with Crippen LogP contribution in [-0.4, -0.2) is 50.6 Å². The first kappa shape index (κ1) is 13.8. The first-order valence-corrected chi connectivity index (χ1v) is 6.88. The van der Waals surface area contributed by atoms with Gasteiger partial charge in [-0.15, -0.1) is 0 Å². The number of carbonyl (C=O) groups is 1. The Morgan fingerprint density at radius 3 is 2.94 bits per heavy atom. The van der Waals surface area contributed by atoms with Crippen molar-refractivity contribution in [1.29, 1.82) is 0 Å². The number of rotatable bonds is 5. The highest BCUT2D eigenvalue weighted by molar-refractivity contribution is 5.81. The second-order valence-corrected chi connectivity index (χ2v) is 4.97. The zero-order valence-electron chi connectivity index (χ0n) is 11.1. The van der Waals surface area contributed by atoms with Crippen molar-refractivity contribution >= 4 is 5.97 Å². The molecular weight excluding hydrogens is 234 g/mol. The van der Waals surface area contributed by atoms with Crippen LogP contribution in [0.5, 0.6) is 0 Å². The molecule has 0 aromatic heterocycles. The molecule has 2 unspecified atom stereocenters. The summed E-state index contributed by atoms with van der Waals surface area (Å²) in [4.78, 5) is 12.1. The molecule has 2 fully saturated rings. The highest BCUT2D eigenvalue weighted by atomic mass is 16.5. The fraction of sp³-hybridized carbons (Fsp3) is 0.923. The lowest BCUT2D eigenvalue weighted by Crippen LogP contribution is -2.59. The molecule has 5 nitrogen and oxygen atoms in total. The van der Waals surface area contributed by atoms with Gasteiger partial charge < -0.3 is 14.2 Å². The van der Waals surface area contributed by atoms with Crippen molar-refractivity contribution in [2.75, 3.05) is 33.0 Å². The molecule has 0 aromatic rings. The smallest absolute Gasteiger partial charge is 0.328 e. The van der Waals surface area contributed by atoms with Crippen LogP contribution in [0.25, 0.3) is 0 Å². The molecule has 5 heteroatoms. The molecule has 18 heavy (non-hydrogen) atoms. The fourth-order valence-electron chi connectivity index (χ4n) is 2.55. The van der Waals surface area contributed by atoms with Crippen molar-refractivity contribution in [3.63, 3.8) is 0 Å². The molecule has 2 aliphatic rings. The Morgan fingerprint density at radius 2 is 2.33 bits per heavy atom. The summed E-state index contributed by atoms with van der Waals surface area (Å²) in [5.74, 6) is -0.192. The standard InChI is InChI=1S/C13H23NO4/c1-2-17-12(15)13(6-4-7-16-10-13)14-9-11-5-3-8-18-11/h11,14H,2-10H2,1H3. The molecular formula is C13H23NO4. The van der Waals surface area contributed by atoms with Crippen molar-refractivity contribution in [2.24, 2.45) is 0 Å². The highest BCUT2D eigenvalue weighted by Crippen LogP contribution is 2.22. The van der Waals surface area contributed by atoms with Gasteiger partial charge in [-0.05, 0) is 32.6 Å². The van der Waals surface area contributed by atoms with Gasteiger partial charge in [0.05, 0.1) is 19.3 Å². The quantitative estimate of drug-likeness (QED) is 0.741. The minimum absolute atomic E-state index is 0.192. The minimum atomic E-state index is -0.666. The average molecular weight is 257 g/mol. The Kier molecular flexibility index (Phi) is 4.97. The van der Waals surface area contributed by atoms with Crippen LogP contribution < -0.4 is 5.32 Å². The lowest BCUT2D eigenvalue weighted by atomic mass is 9.92. The van der Waals surface area contributed by atoms with E-state index in [4.69, 9.17) is 14.2 Å². The van der Waals surface area contributed by atoms with E-state index in [9.17, 15) is 4.79 Å². The molecule has 0 amide bonds. The zero-order valence-corrected chi connectivity index (χ0v) is 11.1. The number of ether oxygens (including phenoxy) is 3. The topological polar surface area (TPSA) is 56.8 Å². The van der Waals surface area contributed by atoms with Gasteiger partial charge in [-0.3, -0.25) is 5.32 Å². The van der Waals surface area contributed by atoms with E-state index in [0.717, 1.165) is 38.9 Å². The van der Waals surface area contributed by atoms with Gasteiger partial charge in [0.15, 0.2) is 0 Å². The number of esters is 1. The van der Waals surface area contributed by atoms with Crippen molar-refractivity contribution in [1.82, 2.24) is 5.32 Å². The molecule has 2 saturated heterocycles. The van der Waals surface area contributed by atoms with Crippen LogP contribution in [-0.2, 0) is 19.0 Å². The second-order valence-electron chi connectivity index (χ2n) is 4.97. The van der Waals surface area contributed by atoms with E-state index >= 15 is 0 Å². The fourth-order valence-corrected chi connectivity index (χ4v) is 2.55. The third-order valence-electron chi connectivity index (χ3n) is 3.60. The molecule has 0 saturated carbocycles. The van der Waals surface area contributed by atoms with Crippen LogP contribution in [0.1, 0.15) is 32.6 Å². The molecule has 2 heterocycles. The summed E-state index contributed by atoms with van der Waals surface area (Å²) in [5.41, 5.74) is -0.666. The van der Waals surface area contributed by atoms with Crippen molar-refractivity contribution in [3.8, 4) is 0 Å². The third kappa shape index (κ3) is 3.22. The van der Waals surface area contributed by atoms with E-state index in [-0.39, 0.29) is 12.1 Å². The summed E-state index contributed by atoms with van der Waals surface area (Å²) in [6.45, 7) is 4.89. The number of nitrogens with one attached hydrogen (secondary N) is 1. The second kappa shape index (κ2) is 6.50. The van der Waals surface area contributed by atoms with E-state index in [1.807, 2.05) is 6.92 Å². The summed E-state index contributed by atoms with van der Waals surface area (Å²) < 4.78 is 16.2. The molecule has 104 valence electrons. The van der Waals surface area contributed by atoms with Gasteiger partial charge in [-0.1, -0.05) is 0 Å². The Bertz CT molecular complexity index is 270. The van der Waals surface area contributed by atoms with E-state index in [0.29, 0.717) is 19.8 Å². The van der Waals surface area contributed by atoms with Gasteiger partial charge in [-0.2, -0.15) is 0 Å². The van der Waals surface area contributed by atoms with Crippen LogP contribution in [0, 0.1) is 0 Å². The minimum Gasteiger partial charge on any atom is -0.465 e. The SMILES string of the molecule is CCOC(=O)C1(NCC2CCCO2)CCCOC1. The van der Waals surface area contributed by atoms with E-state index in [1.54, 1.807) is 0 Å². The molecule has 2 rings (SSSR count). The molecule has 0 aromatic carbocycles. The van der Waals surface area contributed by atoms with Crippen molar-refractivity contribution in [2.45, 2.75) is 44.2 Å². The average Bonchev–Trinajstić information content (AvgIpc) is 2.91. The maximum absolute atomic E-state index is 12.1. The Balaban J connectivity index is 1.92. The molecule has 2 atom stereocenters. The molecule has 0 aliphatic carbocycles. The number of carbonyl (C=O) groups excluding carboxylic acids is 1. The zero-order chi connectivity index (χ0) is 12.8. The summed E-state index contributed by atoms with van der Waals surface area (Å²) in [6, 6.07) is 0. The van der Waals surface area contributed by atoms with Crippen LogP contribution in [0.15, 0.2) is 0 Å². The lowest BCUT2D eigenvalue weighted by molar-refractivity contribution is -0.157. The van der Waals surface area contributed by atoms with Gasteiger partial charge in [0.1, 0.15) is 5.54 Å². The van der Waals surface area contributed by atoms with E-state index < -0.39 is 5.54 Å². The molecule has 0 spiro atoms. The van der Waals surface area contributed by atoms with Crippen molar-refractivity contribution < 1.29 is 19.0 Å². The van der Waals surface area contributed by atoms with Gasteiger partial charge >= 0.3 is 5.97 Å². The van der Waals surface area contributed by atoms with Gasteiger partial charge in [0.2, 0.25) is 0 Å². The molecule has 1 N–H and O–H groups in total. The lowest BCUT2D eigenvalue weighted by Gasteiger charge is -2.36. The summed E-state index contributed by atoms with van der Waals surface area (Å²) in [6.07, 6.45) is 4.05. The van der Waals surface area contributed by atoms with Crippen LogP contribution in [0.4, 0.5) is 0 Å². The van der Waals surface area contributed by atoms with Gasteiger partial charge in [-0.25, -0.2) is 4.79 Å². The van der Waals surface area contributed by atoms with Crippen LogP contribution in [0.2, 0.25) is 0 Å². The summed E-state index contributed by atoms with van der Waals surface area (Å²) in [5, 5.41) is 3.34. The van der Waals surface area contributed by atoms with Crippen LogP contribution >= 0.6 is 0 Å². The molecule has 0 bridgehead atoms. The Morgan fingerprint density at radius 1 is 1.44 bits per heavy atom. The van der Waals surface area contributed by atoms with E-state index in [2.05, 4.69) is 5.32 Å². The summed E-state index contributed by atoms with van der Waals surface area (Å²) in [7, 11) is 0. The normalized spacial score (nSPS) is 32.4. The predicted molar refractivity (Wildman–Crippen MR) is 66.4 cm³/mol. The highest BCUT2D eigenvalue weighted by Gasteiger charge is 2.42. The predicted octanol–water partition coefficient (Wildman–Crippen LogP) is 0.867. The van der Waals surface area contributed by atoms with E-state index in [1.165, 1.54) is 0 Å². The van der Waals surface area contributed by atoms with Gasteiger partial charge in [0.25, 0.3) is 0 Å². The maximum Gasteiger partial charge on any atom is 0.328 e. The monoisotopic (exact) mass is 257 g/mol. The molecule has 2 aliphatic heterocycles. The number of hydrogen-bond acceptors (Lipinski definition) is 5. The summed E-state index contributed by atoms with van der Waals surface area (Å²) >= 11 is 0. The van der Waals surface area contributed by atoms with Gasteiger partial charge in [0, 0.05) is 19.8 Å². The number of hydrogen-bond donors (Lipinski definition) is 1. The first-order chi connectivity index (χ1) is 8.77. The maximum atomic E-state index is 12.1. The largest absolute Gasteiger partial charge is 0.465 e.